The van der Waals surface area contributed by atoms with Crippen LogP contribution >= 0.6 is 11.3 Å². The van der Waals surface area contributed by atoms with Gasteiger partial charge in [-0.05, 0) is 36.1 Å². The summed E-state index contributed by atoms with van der Waals surface area (Å²) in [4.78, 5) is 13.6. The zero-order chi connectivity index (χ0) is 26.0. The summed E-state index contributed by atoms with van der Waals surface area (Å²) < 4.78 is 60.1. The first-order chi connectivity index (χ1) is 17.1. The minimum atomic E-state index is -3.99. The Morgan fingerprint density at radius 2 is 1.75 bits per heavy atom. The van der Waals surface area contributed by atoms with Crippen LogP contribution in [0.25, 0.3) is 10.4 Å². The molecule has 2 aromatic rings. The Morgan fingerprint density at radius 1 is 1.08 bits per heavy atom. The van der Waals surface area contributed by atoms with Gasteiger partial charge in [-0.15, -0.1) is 11.3 Å². The molecule has 10 nitrogen and oxygen atoms in total. The number of sulfone groups is 1. The largest absolute Gasteiger partial charge is 0.379 e. The van der Waals surface area contributed by atoms with Gasteiger partial charge in [-0.25, -0.2) is 13.9 Å². The van der Waals surface area contributed by atoms with E-state index in [9.17, 15) is 26.8 Å². The Bertz CT molecular complexity index is 1290. The summed E-state index contributed by atoms with van der Waals surface area (Å²) in [6, 6.07) is 11.5. The van der Waals surface area contributed by atoms with Crippen molar-refractivity contribution >= 4 is 37.3 Å². The van der Waals surface area contributed by atoms with Gasteiger partial charge in [0, 0.05) is 35.9 Å². The van der Waals surface area contributed by atoms with Gasteiger partial charge in [0.15, 0.2) is 9.84 Å². The van der Waals surface area contributed by atoms with E-state index in [1.165, 1.54) is 25.5 Å². The minimum Gasteiger partial charge on any atom is -0.379 e. The van der Waals surface area contributed by atoms with Crippen LogP contribution in [0.2, 0.25) is 0 Å². The van der Waals surface area contributed by atoms with Crippen LogP contribution in [-0.2, 0) is 40.7 Å². The highest BCUT2D eigenvalue weighted by Gasteiger charge is 2.51. The van der Waals surface area contributed by atoms with Gasteiger partial charge < -0.3 is 4.74 Å². The number of nitrogens with zero attached hydrogens (tertiary/aromatic N) is 2. The number of thiophene rings is 1. The van der Waals surface area contributed by atoms with Crippen molar-refractivity contribution in [3.8, 4) is 10.4 Å². The third kappa shape index (κ3) is 5.23. The van der Waals surface area contributed by atoms with Crippen molar-refractivity contribution in [1.29, 1.82) is 0 Å². The molecule has 4 rings (SSSR count). The number of morpholine rings is 1. The van der Waals surface area contributed by atoms with Crippen LogP contribution in [0.4, 0.5) is 0 Å². The number of hydrogen-bond donors (Lipinski definition) is 2. The predicted octanol–water partition coefficient (Wildman–Crippen LogP) is 1.77. The fraction of sp³-hybridized carbons (Fsp3) is 0.522. The number of carbonyl (C=O) groups excluding carboxylic acids is 1. The van der Waals surface area contributed by atoms with E-state index in [0.717, 1.165) is 16.9 Å². The average molecular weight is 558 g/mol. The minimum absolute atomic E-state index is 0.0734. The average Bonchev–Trinajstić information content (AvgIpc) is 3.33. The Morgan fingerprint density at radius 3 is 2.39 bits per heavy atom. The van der Waals surface area contributed by atoms with Gasteiger partial charge in [0.05, 0.1) is 25.4 Å². The molecule has 2 aliphatic heterocycles. The highest BCUT2D eigenvalue weighted by atomic mass is 32.2. The molecule has 2 saturated heterocycles. The zero-order valence-electron chi connectivity index (χ0n) is 20.1. The van der Waals surface area contributed by atoms with E-state index >= 15 is 0 Å². The number of carbonyl (C=O) groups is 1. The summed E-state index contributed by atoms with van der Waals surface area (Å²) in [6.07, 6.45) is 0.282. The molecule has 0 bridgehead atoms. The lowest BCUT2D eigenvalue weighted by Crippen LogP contribution is -2.49. The molecule has 1 atom stereocenters. The number of benzene rings is 1. The van der Waals surface area contributed by atoms with Gasteiger partial charge in [0.25, 0.3) is 10.2 Å². The van der Waals surface area contributed by atoms with Gasteiger partial charge in [0.2, 0.25) is 5.91 Å². The van der Waals surface area contributed by atoms with Crippen LogP contribution in [0.5, 0.6) is 0 Å². The van der Waals surface area contributed by atoms with Crippen molar-refractivity contribution in [2.75, 3.05) is 45.1 Å². The SMILES string of the molecule is CCc1ccc(-c2ccc([C@@]3(CC(=O)NO)CCN(S(=O)(=O)N4CCOCC4)CCS3(=O)=O)s2)cc1. The third-order valence-corrected chi connectivity index (χ3v) is 12.8. The van der Waals surface area contributed by atoms with Gasteiger partial charge in [-0.3, -0.25) is 10.0 Å². The van der Waals surface area contributed by atoms with Crippen LogP contribution < -0.4 is 5.48 Å². The van der Waals surface area contributed by atoms with Crippen molar-refractivity contribution in [1.82, 2.24) is 14.1 Å². The number of hydroxylamine groups is 1. The lowest BCUT2D eigenvalue weighted by Gasteiger charge is -2.32. The number of ether oxygens (including phenoxy) is 1. The lowest BCUT2D eigenvalue weighted by molar-refractivity contribution is -0.129. The molecular formula is C23H31N3O7S3. The van der Waals surface area contributed by atoms with E-state index in [-0.39, 0.29) is 45.8 Å². The van der Waals surface area contributed by atoms with Crippen molar-refractivity contribution in [2.45, 2.75) is 30.9 Å². The summed E-state index contributed by atoms with van der Waals surface area (Å²) >= 11 is 1.27. The molecule has 2 N–H and O–H groups in total. The molecule has 0 unspecified atom stereocenters. The number of amides is 1. The van der Waals surface area contributed by atoms with E-state index in [1.807, 2.05) is 30.3 Å². The van der Waals surface area contributed by atoms with E-state index in [1.54, 1.807) is 11.5 Å². The van der Waals surface area contributed by atoms with Crippen molar-refractivity contribution < 1.29 is 31.6 Å². The number of rotatable bonds is 7. The second-order valence-corrected chi connectivity index (χ2v) is 14.3. The van der Waals surface area contributed by atoms with E-state index in [2.05, 4.69) is 6.92 Å². The van der Waals surface area contributed by atoms with Crippen LogP contribution in [0, 0.1) is 0 Å². The lowest BCUT2D eigenvalue weighted by atomic mass is 9.97. The third-order valence-electron chi connectivity index (χ3n) is 6.86. The molecule has 0 spiro atoms. The molecule has 2 aliphatic rings. The van der Waals surface area contributed by atoms with Crippen molar-refractivity contribution in [3.05, 3.63) is 46.8 Å². The molecule has 198 valence electrons. The summed E-state index contributed by atoms with van der Waals surface area (Å²) in [5.74, 6) is -1.28. The Labute approximate surface area is 215 Å². The van der Waals surface area contributed by atoms with Gasteiger partial charge in [-0.2, -0.15) is 17.0 Å². The molecule has 0 aliphatic carbocycles. The predicted molar refractivity (Wildman–Crippen MR) is 137 cm³/mol. The topological polar surface area (TPSA) is 133 Å². The molecule has 2 fully saturated rings. The maximum atomic E-state index is 13.7. The smallest absolute Gasteiger partial charge is 0.282 e. The standard InChI is InChI=1S/C23H31N3O7S3/c1-2-18-3-5-19(6-4-18)20-7-8-21(34-20)23(17-22(27)24-28)9-10-25(13-16-35(23,29)30)36(31,32)26-11-14-33-15-12-26/h3-8,28H,2,9-17H2,1H3,(H,24,27)/t23-/m0/s1. The molecule has 3 heterocycles. The maximum absolute atomic E-state index is 13.7. The molecule has 1 aromatic heterocycles. The molecule has 1 aromatic carbocycles. The van der Waals surface area contributed by atoms with E-state index < -0.39 is 42.9 Å². The second-order valence-electron chi connectivity index (χ2n) is 8.91. The quantitative estimate of drug-likeness (QED) is 0.392. The number of nitrogens with one attached hydrogen (secondary N) is 1. The van der Waals surface area contributed by atoms with Gasteiger partial charge >= 0.3 is 0 Å². The summed E-state index contributed by atoms with van der Waals surface area (Å²) in [6.45, 7) is 2.75. The fourth-order valence-electron chi connectivity index (χ4n) is 4.66. The van der Waals surface area contributed by atoms with E-state index in [4.69, 9.17) is 4.74 Å². The first-order valence-electron chi connectivity index (χ1n) is 11.8. The second kappa shape index (κ2) is 10.9. The first-order valence-corrected chi connectivity index (χ1v) is 15.7. The number of aryl methyl sites for hydroxylation is 1. The Kier molecular flexibility index (Phi) is 8.19. The molecule has 13 heteroatoms. The Balaban J connectivity index is 1.70. The van der Waals surface area contributed by atoms with Gasteiger partial charge in [0.1, 0.15) is 4.75 Å². The summed E-state index contributed by atoms with van der Waals surface area (Å²) in [5.41, 5.74) is 3.66. The molecule has 36 heavy (non-hydrogen) atoms. The molecule has 0 radical (unpaired) electrons. The normalized spacial score (nSPS) is 23.7. The van der Waals surface area contributed by atoms with Crippen LogP contribution in [0.3, 0.4) is 0 Å². The van der Waals surface area contributed by atoms with E-state index in [0.29, 0.717) is 4.88 Å². The summed E-state index contributed by atoms with van der Waals surface area (Å²) in [7, 11) is -7.89. The molecular weight excluding hydrogens is 526 g/mol. The highest BCUT2D eigenvalue weighted by Crippen LogP contribution is 2.45. The molecule has 0 saturated carbocycles. The van der Waals surface area contributed by atoms with Gasteiger partial charge in [-0.1, -0.05) is 31.2 Å². The summed E-state index contributed by atoms with van der Waals surface area (Å²) in [5, 5.41) is 9.24. The number of hydrogen-bond acceptors (Lipinski definition) is 8. The van der Waals surface area contributed by atoms with Crippen molar-refractivity contribution in [2.24, 2.45) is 0 Å². The zero-order valence-corrected chi connectivity index (χ0v) is 22.5. The van der Waals surface area contributed by atoms with Crippen LogP contribution in [0.15, 0.2) is 36.4 Å². The van der Waals surface area contributed by atoms with Crippen molar-refractivity contribution in [3.63, 3.8) is 0 Å². The van der Waals surface area contributed by atoms with Crippen LogP contribution in [0.1, 0.15) is 30.2 Å². The first kappa shape index (κ1) is 27.2. The molecule has 1 amide bonds. The Hall–Kier alpha value is -1.87. The monoisotopic (exact) mass is 557 g/mol. The fourth-order valence-corrected chi connectivity index (χ4v) is 9.97. The van der Waals surface area contributed by atoms with Crippen LogP contribution in [-0.4, -0.2) is 81.7 Å². The maximum Gasteiger partial charge on any atom is 0.282 e. The highest BCUT2D eigenvalue weighted by molar-refractivity contribution is 7.92.